The van der Waals surface area contributed by atoms with Crippen LogP contribution in [0.25, 0.3) is 11.0 Å². The summed E-state index contributed by atoms with van der Waals surface area (Å²) in [6.07, 6.45) is 0. The van der Waals surface area contributed by atoms with Crippen molar-refractivity contribution >= 4 is 54.5 Å². The van der Waals surface area contributed by atoms with Crippen LogP contribution in [0.3, 0.4) is 0 Å². The van der Waals surface area contributed by atoms with Gasteiger partial charge < -0.3 is 20.0 Å². The standard InChI is InChI=1S/C22H17Br2N3O3/c1-12-8-16(23)20(17(24)9-12)30-11-13-2-4-14(5-3-13)21(28)25-15-6-7-18-19(10-15)27-22(29)26-18/h2-10H,11H2,1H3,(H,25,28)(H2,26,27,29). The van der Waals surface area contributed by atoms with Crippen LogP contribution in [0.1, 0.15) is 21.5 Å². The predicted octanol–water partition coefficient (Wildman–Crippen LogP) is 5.52. The van der Waals surface area contributed by atoms with Gasteiger partial charge >= 0.3 is 5.69 Å². The van der Waals surface area contributed by atoms with E-state index >= 15 is 0 Å². The molecule has 4 aromatic rings. The molecule has 3 N–H and O–H groups in total. The highest BCUT2D eigenvalue weighted by atomic mass is 79.9. The smallest absolute Gasteiger partial charge is 0.323 e. The number of hydrogen-bond donors (Lipinski definition) is 3. The summed E-state index contributed by atoms with van der Waals surface area (Å²) in [4.78, 5) is 29.2. The molecule has 3 aromatic carbocycles. The van der Waals surface area contributed by atoms with Crippen LogP contribution in [0.5, 0.6) is 5.75 Å². The number of rotatable bonds is 5. The first-order valence-electron chi connectivity index (χ1n) is 9.10. The Bertz CT molecular complexity index is 1270. The van der Waals surface area contributed by atoms with Gasteiger partial charge in [-0.2, -0.15) is 0 Å². The lowest BCUT2D eigenvalue weighted by atomic mass is 10.1. The first-order chi connectivity index (χ1) is 14.4. The van der Waals surface area contributed by atoms with Gasteiger partial charge in [0.2, 0.25) is 0 Å². The first kappa shape index (κ1) is 20.4. The number of carbonyl (C=O) groups excluding carboxylic acids is 1. The fraction of sp³-hybridized carbons (Fsp3) is 0.0909. The second kappa shape index (κ2) is 8.49. The molecule has 0 saturated heterocycles. The van der Waals surface area contributed by atoms with Gasteiger partial charge in [-0.25, -0.2) is 4.79 Å². The summed E-state index contributed by atoms with van der Waals surface area (Å²) in [5.74, 6) is 0.504. The molecule has 0 aliphatic heterocycles. The number of aryl methyl sites for hydroxylation is 1. The Morgan fingerprint density at radius 1 is 0.967 bits per heavy atom. The summed E-state index contributed by atoms with van der Waals surface area (Å²) in [6.45, 7) is 2.39. The number of ether oxygens (including phenoxy) is 1. The zero-order valence-corrected chi connectivity index (χ0v) is 19.1. The van der Waals surface area contributed by atoms with Gasteiger partial charge in [0.1, 0.15) is 12.4 Å². The van der Waals surface area contributed by atoms with Gasteiger partial charge in [0, 0.05) is 11.3 Å². The molecule has 1 amide bonds. The molecule has 0 atom stereocenters. The third kappa shape index (κ3) is 4.49. The van der Waals surface area contributed by atoms with Gasteiger partial charge in [-0.05, 0) is 92.4 Å². The largest absolute Gasteiger partial charge is 0.487 e. The summed E-state index contributed by atoms with van der Waals surface area (Å²) in [7, 11) is 0. The fourth-order valence-electron chi connectivity index (χ4n) is 3.05. The SMILES string of the molecule is Cc1cc(Br)c(OCc2ccc(C(=O)Nc3ccc4[nH]c(=O)[nH]c4c3)cc2)c(Br)c1. The number of hydrogen-bond acceptors (Lipinski definition) is 3. The Morgan fingerprint density at radius 3 is 2.33 bits per heavy atom. The molecule has 0 aliphatic rings. The average Bonchev–Trinajstić information content (AvgIpc) is 3.07. The summed E-state index contributed by atoms with van der Waals surface area (Å²) >= 11 is 7.04. The van der Waals surface area contributed by atoms with Crippen molar-refractivity contribution in [3.63, 3.8) is 0 Å². The van der Waals surface area contributed by atoms with E-state index in [1.54, 1.807) is 30.3 Å². The Hall–Kier alpha value is -2.84. The first-order valence-corrected chi connectivity index (χ1v) is 10.7. The van der Waals surface area contributed by atoms with Crippen molar-refractivity contribution in [2.24, 2.45) is 0 Å². The molecule has 0 aliphatic carbocycles. The monoisotopic (exact) mass is 529 g/mol. The maximum absolute atomic E-state index is 12.5. The maximum atomic E-state index is 12.5. The van der Waals surface area contributed by atoms with Crippen molar-refractivity contribution in [2.45, 2.75) is 13.5 Å². The lowest BCUT2D eigenvalue weighted by Crippen LogP contribution is -2.12. The number of H-pyrrole nitrogens is 2. The van der Waals surface area contributed by atoms with Crippen molar-refractivity contribution < 1.29 is 9.53 Å². The summed E-state index contributed by atoms with van der Waals surface area (Å²) in [5.41, 5.74) is 4.24. The molecule has 0 fully saturated rings. The minimum atomic E-state index is -0.281. The van der Waals surface area contributed by atoms with Gasteiger partial charge in [0.05, 0.1) is 20.0 Å². The number of carbonyl (C=O) groups is 1. The van der Waals surface area contributed by atoms with Crippen LogP contribution in [0.4, 0.5) is 5.69 Å². The number of nitrogens with one attached hydrogen (secondary N) is 3. The molecule has 0 radical (unpaired) electrons. The molecular weight excluding hydrogens is 514 g/mol. The quantitative estimate of drug-likeness (QED) is 0.317. The molecule has 152 valence electrons. The topological polar surface area (TPSA) is 87.0 Å². The van der Waals surface area contributed by atoms with E-state index in [0.717, 1.165) is 25.8 Å². The second-order valence-corrected chi connectivity index (χ2v) is 8.55. The number of imidazole rings is 1. The molecule has 0 bridgehead atoms. The lowest BCUT2D eigenvalue weighted by Gasteiger charge is -2.12. The van der Waals surface area contributed by atoms with Gasteiger partial charge in [-0.1, -0.05) is 12.1 Å². The third-order valence-corrected chi connectivity index (χ3v) is 5.69. The van der Waals surface area contributed by atoms with Crippen LogP contribution in [0, 0.1) is 6.92 Å². The Labute approximate surface area is 188 Å². The van der Waals surface area contributed by atoms with E-state index in [1.807, 2.05) is 31.2 Å². The van der Waals surface area contributed by atoms with Gasteiger partial charge in [0.25, 0.3) is 5.91 Å². The predicted molar refractivity (Wildman–Crippen MR) is 124 cm³/mol. The highest BCUT2D eigenvalue weighted by Gasteiger charge is 2.10. The van der Waals surface area contributed by atoms with E-state index in [0.29, 0.717) is 28.9 Å². The summed E-state index contributed by atoms with van der Waals surface area (Å²) < 4.78 is 7.68. The molecule has 0 spiro atoms. The molecular formula is C22H17Br2N3O3. The third-order valence-electron chi connectivity index (χ3n) is 4.52. The Morgan fingerprint density at radius 2 is 1.63 bits per heavy atom. The summed E-state index contributed by atoms with van der Waals surface area (Å²) in [6, 6.07) is 16.4. The lowest BCUT2D eigenvalue weighted by molar-refractivity contribution is 0.102. The zero-order chi connectivity index (χ0) is 21.3. The molecule has 4 rings (SSSR count). The number of aromatic amines is 2. The highest BCUT2D eigenvalue weighted by Crippen LogP contribution is 2.35. The molecule has 0 saturated carbocycles. The van der Waals surface area contributed by atoms with Gasteiger partial charge in [-0.15, -0.1) is 0 Å². The van der Waals surface area contributed by atoms with Crippen LogP contribution in [-0.4, -0.2) is 15.9 Å². The Balaban J connectivity index is 1.42. The number of anilines is 1. The van der Waals surface area contributed by atoms with Gasteiger partial charge in [-0.3, -0.25) is 4.79 Å². The van der Waals surface area contributed by atoms with Gasteiger partial charge in [0.15, 0.2) is 0 Å². The molecule has 8 heteroatoms. The molecule has 30 heavy (non-hydrogen) atoms. The molecule has 6 nitrogen and oxygen atoms in total. The minimum absolute atomic E-state index is 0.233. The normalized spacial score (nSPS) is 10.9. The average molecular weight is 531 g/mol. The number of amides is 1. The number of halogens is 2. The van der Waals surface area contributed by atoms with E-state index in [-0.39, 0.29) is 11.6 Å². The van der Waals surface area contributed by atoms with Crippen LogP contribution in [-0.2, 0) is 6.61 Å². The highest BCUT2D eigenvalue weighted by molar-refractivity contribution is 9.11. The molecule has 0 unspecified atom stereocenters. The van der Waals surface area contributed by atoms with Crippen molar-refractivity contribution in [1.82, 2.24) is 9.97 Å². The number of fused-ring (bicyclic) bond motifs is 1. The Kier molecular flexibility index (Phi) is 5.78. The maximum Gasteiger partial charge on any atom is 0.323 e. The second-order valence-electron chi connectivity index (χ2n) is 6.84. The van der Waals surface area contributed by atoms with Crippen molar-refractivity contribution in [2.75, 3.05) is 5.32 Å². The number of benzene rings is 3. The van der Waals surface area contributed by atoms with E-state index in [2.05, 4.69) is 47.1 Å². The van der Waals surface area contributed by atoms with E-state index in [1.165, 1.54) is 0 Å². The minimum Gasteiger partial charge on any atom is -0.487 e. The molecule has 1 heterocycles. The van der Waals surface area contributed by atoms with Crippen LogP contribution >= 0.6 is 31.9 Å². The van der Waals surface area contributed by atoms with E-state index < -0.39 is 0 Å². The molecule has 1 aromatic heterocycles. The van der Waals surface area contributed by atoms with Crippen LogP contribution < -0.4 is 15.7 Å². The van der Waals surface area contributed by atoms with E-state index in [4.69, 9.17) is 4.74 Å². The summed E-state index contributed by atoms with van der Waals surface area (Å²) in [5, 5.41) is 2.84. The van der Waals surface area contributed by atoms with Crippen molar-refractivity contribution in [3.8, 4) is 5.75 Å². The van der Waals surface area contributed by atoms with E-state index in [9.17, 15) is 9.59 Å². The fourth-order valence-corrected chi connectivity index (χ4v) is 4.69. The van der Waals surface area contributed by atoms with Crippen molar-refractivity contribution in [3.05, 3.63) is 90.7 Å². The van der Waals surface area contributed by atoms with Crippen molar-refractivity contribution in [1.29, 1.82) is 0 Å². The number of aromatic nitrogens is 2. The van der Waals surface area contributed by atoms with Crippen LogP contribution in [0.15, 0.2) is 68.3 Å². The van der Waals surface area contributed by atoms with Crippen LogP contribution in [0.2, 0.25) is 0 Å². The zero-order valence-electron chi connectivity index (χ0n) is 15.9.